The molecule has 78 valence electrons. The molecular formula is C12H20NP. The van der Waals surface area contributed by atoms with Crippen LogP contribution < -0.4 is 10.2 Å². The normalized spacial score (nSPS) is 13.4. The first-order valence-electron chi connectivity index (χ1n) is 5.17. The summed E-state index contributed by atoms with van der Waals surface area (Å²) in [6.07, 6.45) is 1.27. The van der Waals surface area contributed by atoms with Crippen LogP contribution in [0.3, 0.4) is 0 Å². The maximum absolute atomic E-state index is 2.32. The summed E-state index contributed by atoms with van der Waals surface area (Å²) >= 11 is 0. The number of anilines is 1. The van der Waals surface area contributed by atoms with Gasteiger partial charge in [-0.05, 0) is 29.5 Å². The van der Waals surface area contributed by atoms with Crippen LogP contribution in [-0.2, 0) is 0 Å². The third-order valence-corrected chi connectivity index (χ3v) is 3.98. The van der Waals surface area contributed by atoms with Crippen molar-refractivity contribution in [2.75, 3.05) is 19.0 Å². The summed E-state index contributed by atoms with van der Waals surface area (Å²) in [5.74, 6) is 0. The summed E-state index contributed by atoms with van der Waals surface area (Å²) in [7, 11) is 5.10. The average molecular weight is 209 g/mol. The topological polar surface area (TPSA) is 3.24 Å². The molecule has 0 fully saturated rings. The molecule has 0 aliphatic rings. The molecule has 0 amide bonds. The van der Waals surface area contributed by atoms with E-state index >= 15 is 0 Å². The molecule has 0 saturated carbocycles. The monoisotopic (exact) mass is 209 g/mol. The van der Waals surface area contributed by atoms with Crippen molar-refractivity contribution in [1.29, 1.82) is 0 Å². The van der Waals surface area contributed by atoms with Gasteiger partial charge in [-0.2, -0.15) is 0 Å². The zero-order chi connectivity index (χ0) is 10.6. The van der Waals surface area contributed by atoms with Crippen molar-refractivity contribution < 1.29 is 0 Å². The second-order valence-electron chi connectivity index (χ2n) is 3.89. The van der Waals surface area contributed by atoms with Crippen LogP contribution in [0.15, 0.2) is 24.3 Å². The Balaban J connectivity index is 2.64. The van der Waals surface area contributed by atoms with Crippen LogP contribution in [-0.4, -0.2) is 19.8 Å². The van der Waals surface area contributed by atoms with Crippen molar-refractivity contribution in [2.24, 2.45) is 0 Å². The standard InChI is InChI=1S/C12H20NP/c1-5-10(2)14-12-8-6-11(7-9-12)13(3)4/h6-10,14H,5H2,1-4H3. The van der Waals surface area contributed by atoms with E-state index in [-0.39, 0.29) is 0 Å². The highest BCUT2D eigenvalue weighted by molar-refractivity contribution is 7.47. The number of benzene rings is 1. The summed E-state index contributed by atoms with van der Waals surface area (Å²) in [5.41, 5.74) is 2.10. The summed E-state index contributed by atoms with van der Waals surface area (Å²) in [5, 5.41) is 1.48. The number of rotatable bonds is 4. The molecule has 0 aliphatic carbocycles. The van der Waals surface area contributed by atoms with E-state index in [1.54, 1.807) is 0 Å². The molecule has 2 unspecified atom stereocenters. The van der Waals surface area contributed by atoms with Crippen LogP contribution >= 0.6 is 8.58 Å². The second-order valence-corrected chi connectivity index (χ2v) is 5.75. The highest BCUT2D eigenvalue weighted by Gasteiger charge is 2.01. The van der Waals surface area contributed by atoms with Crippen molar-refractivity contribution in [1.82, 2.24) is 0 Å². The van der Waals surface area contributed by atoms with Gasteiger partial charge in [-0.25, -0.2) is 0 Å². The van der Waals surface area contributed by atoms with Crippen LogP contribution in [0.2, 0.25) is 0 Å². The minimum absolute atomic E-state index is 0.820. The molecular weight excluding hydrogens is 189 g/mol. The van der Waals surface area contributed by atoms with E-state index in [1.165, 1.54) is 17.4 Å². The van der Waals surface area contributed by atoms with E-state index in [4.69, 9.17) is 0 Å². The maximum Gasteiger partial charge on any atom is 0.0361 e. The lowest BCUT2D eigenvalue weighted by Crippen LogP contribution is -2.09. The van der Waals surface area contributed by atoms with Crippen LogP contribution in [0.1, 0.15) is 20.3 Å². The van der Waals surface area contributed by atoms with Crippen molar-refractivity contribution in [3.8, 4) is 0 Å². The van der Waals surface area contributed by atoms with Gasteiger partial charge in [0.15, 0.2) is 0 Å². The highest BCUT2D eigenvalue weighted by atomic mass is 31.1. The predicted octanol–water partition coefficient (Wildman–Crippen LogP) is 2.85. The van der Waals surface area contributed by atoms with Crippen LogP contribution in [0.4, 0.5) is 5.69 Å². The number of hydrogen-bond acceptors (Lipinski definition) is 1. The molecule has 0 aromatic heterocycles. The van der Waals surface area contributed by atoms with Gasteiger partial charge in [0, 0.05) is 19.8 Å². The number of nitrogens with zero attached hydrogens (tertiary/aromatic N) is 1. The Kier molecular flexibility index (Phi) is 4.41. The van der Waals surface area contributed by atoms with E-state index in [2.05, 4.69) is 57.1 Å². The molecule has 2 heteroatoms. The van der Waals surface area contributed by atoms with Gasteiger partial charge < -0.3 is 4.90 Å². The predicted molar refractivity (Wildman–Crippen MR) is 68.5 cm³/mol. The van der Waals surface area contributed by atoms with Gasteiger partial charge in [-0.15, -0.1) is 0 Å². The van der Waals surface area contributed by atoms with E-state index in [1.807, 2.05) is 0 Å². The van der Waals surface area contributed by atoms with Gasteiger partial charge in [-0.1, -0.05) is 34.6 Å². The Bertz CT molecular complexity index is 266. The maximum atomic E-state index is 2.32. The molecule has 0 aliphatic heterocycles. The Labute approximate surface area is 89.3 Å². The SMILES string of the molecule is CCC(C)Pc1ccc(N(C)C)cc1. The van der Waals surface area contributed by atoms with E-state index in [0.717, 1.165) is 14.2 Å². The van der Waals surface area contributed by atoms with E-state index in [9.17, 15) is 0 Å². The lowest BCUT2D eigenvalue weighted by Gasteiger charge is -2.14. The fraction of sp³-hybridized carbons (Fsp3) is 0.500. The van der Waals surface area contributed by atoms with Gasteiger partial charge in [0.25, 0.3) is 0 Å². The molecule has 1 aromatic rings. The van der Waals surface area contributed by atoms with Crippen LogP contribution in [0.5, 0.6) is 0 Å². The highest BCUT2D eigenvalue weighted by Crippen LogP contribution is 2.21. The molecule has 0 bridgehead atoms. The average Bonchev–Trinajstić information content (AvgIpc) is 2.18. The van der Waals surface area contributed by atoms with Gasteiger partial charge in [-0.3, -0.25) is 0 Å². The molecule has 0 saturated heterocycles. The van der Waals surface area contributed by atoms with Crippen LogP contribution in [0.25, 0.3) is 0 Å². The minimum atomic E-state index is 0.820. The third kappa shape index (κ3) is 3.31. The first-order chi connectivity index (χ1) is 6.63. The largest absolute Gasteiger partial charge is 0.378 e. The first kappa shape index (κ1) is 11.5. The van der Waals surface area contributed by atoms with Crippen molar-refractivity contribution in [2.45, 2.75) is 25.9 Å². The summed E-state index contributed by atoms with van der Waals surface area (Å²) in [4.78, 5) is 2.14. The van der Waals surface area contributed by atoms with Gasteiger partial charge >= 0.3 is 0 Å². The molecule has 14 heavy (non-hydrogen) atoms. The Morgan fingerprint density at radius 1 is 1.21 bits per heavy atom. The molecule has 0 heterocycles. The zero-order valence-electron chi connectivity index (χ0n) is 9.54. The molecule has 0 N–H and O–H groups in total. The first-order valence-corrected chi connectivity index (χ1v) is 6.25. The molecule has 0 spiro atoms. The Morgan fingerprint density at radius 2 is 1.79 bits per heavy atom. The molecule has 1 nitrogen and oxygen atoms in total. The molecule has 1 aromatic carbocycles. The molecule has 0 radical (unpaired) electrons. The van der Waals surface area contributed by atoms with Crippen molar-refractivity contribution in [3.63, 3.8) is 0 Å². The van der Waals surface area contributed by atoms with E-state index < -0.39 is 0 Å². The summed E-state index contributed by atoms with van der Waals surface area (Å²) in [6.45, 7) is 4.57. The van der Waals surface area contributed by atoms with Gasteiger partial charge in [0.1, 0.15) is 0 Å². The fourth-order valence-corrected chi connectivity index (χ4v) is 2.37. The zero-order valence-corrected chi connectivity index (χ0v) is 10.5. The molecule has 1 rings (SSSR count). The fourth-order valence-electron chi connectivity index (χ4n) is 1.24. The Morgan fingerprint density at radius 3 is 2.21 bits per heavy atom. The lowest BCUT2D eigenvalue weighted by molar-refractivity contribution is 0.903. The van der Waals surface area contributed by atoms with Gasteiger partial charge in [0.2, 0.25) is 0 Å². The van der Waals surface area contributed by atoms with E-state index in [0.29, 0.717) is 0 Å². The summed E-state index contributed by atoms with van der Waals surface area (Å²) in [6, 6.07) is 8.90. The lowest BCUT2D eigenvalue weighted by atomic mass is 10.3. The quantitative estimate of drug-likeness (QED) is 0.689. The second kappa shape index (κ2) is 5.36. The van der Waals surface area contributed by atoms with Crippen molar-refractivity contribution in [3.05, 3.63) is 24.3 Å². The third-order valence-electron chi connectivity index (χ3n) is 2.41. The van der Waals surface area contributed by atoms with Crippen LogP contribution in [0, 0.1) is 0 Å². The minimum Gasteiger partial charge on any atom is -0.378 e. The summed E-state index contributed by atoms with van der Waals surface area (Å²) < 4.78 is 0. The number of hydrogen-bond donors (Lipinski definition) is 0. The van der Waals surface area contributed by atoms with Crippen molar-refractivity contribution >= 4 is 19.6 Å². The van der Waals surface area contributed by atoms with Gasteiger partial charge in [0.05, 0.1) is 0 Å². The molecule has 2 atom stereocenters. The smallest absolute Gasteiger partial charge is 0.0361 e. The Hall–Kier alpha value is -0.550.